The van der Waals surface area contributed by atoms with Gasteiger partial charge in [-0.05, 0) is 31.4 Å². The zero-order valence-corrected chi connectivity index (χ0v) is 11.2. The lowest BCUT2D eigenvalue weighted by Crippen LogP contribution is -2.28. The van der Waals surface area contributed by atoms with Gasteiger partial charge in [0.15, 0.2) is 9.84 Å². The first-order valence-corrected chi connectivity index (χ1v) is 7.95. The molecule has 0 unspecified atom stereocenters. The van der Waals surface area contributed by atoms with E-state index in [0.717, 1.165) is 25.2 Å². The number of hydrogen-bond donors (Lipinski definition) is 1. The van der Waals surface area contributed by atoms with Gasteiger partial charge in [0.25, 0.3) is 0 Å². The molecule has 0 atom stereocenters. The minimum absolute atomic E-state index is 0.157. The van der Waals surface area contributed by atoms with Crippen LogP contribution in [0.3, 0.4) is 0 Å². The van der Waals surface area contributed by atoms with Crippen LogP contribution in [0.1, 0.15) is 19.3 Å². The van der Waals surface area contributed by atoms with Gasteiger partial charge in [0.1, 0.15) is 5.82 Å². The first kappa shape index (κ1) is 13.3. The van der Waals surface area contributed by atoms with Crippen molar-refractivity contribution in [3.05, 3.63) is 18.3 Å². The minimum atomic E-state index is -3.19. The highest BCUT2D eigenvalue weighted by Crippen LogP contribution is 2.30. The molecule has 1 aromatic heterocycles. The van der Waals surface area contributed by atoms with Gasteiger partial charge in [-0.15, -0.1) is 0 Å². The molecular weight excluding hydrogens is 252 g/mol. The van der Waals surface area contributed by atoms with Gasteiger partial charge in [-0.3, -0.25) is 0 Å². The third kappa shape index (κ3) is 3.20. The summed E-state index contributed by atoms with van der Waals surface area (Å²) in [6.07, 6.45) is 5.56. The fourth-order valence-corrected chi connectivity index (χ4v) is 2.43. The van der Waals surface area contributed by atoms with E-state index >= 15 is 0 Å². The quantitative estimate of drug-likeness (QED) is 0.829. The van der Waals surface area contributed by atoms with Crippen molar-refractivity contribution >= 4 is 15.7 Å². The highest BCUT2D eigenvalue weighted by Gasteiger charge is 2.29. The molecule has 18 heavy (non-hydrogen) atoms. The molecule has 0 saturated heterocycles. The molecule has 1 aliphatic rings. The van der Waals surface area contributed by atoms with E-state index in [0.29, 0.717) is 12.5 Å². The molecule has 1 aliphatic carbocycles. The molecular formula is C12H18N2O3S. The monoisotopic (exact) mass is 270 g/mol. The Labute approximate surface area is 107 Å². The van der Waals surface area contributed by atoms with Gasteiger partial charge in [0, 0.05) is 31.6 Å². The Morgan fingerprint density at radius 2 is 2.17 bits per heavy atom. The number of hydrogen-bond acceptors (Lipinski definition) is 5. The second kappa shape index (κ2) is 5.24. The molecule has 1 N–H and O–H groups in total. The Kier molecular flexibility index (Phi) is 3.87. The molecule has 5 nitrogen and oxygen atoms in total. The van der Waals surface area contributed by atoms with E-state index in [9.17, 15) is 8.42 Å². The first-order valence-electron chi connectivity index (χ1n) is 6.06. The largest absolute Gasteiger partial charge is 0.396 e. The maximum absolute atomic E-state index is 11.3. The van der Waals surface area contributed by atoms with Crippen LogP contribution in [0.2, 0.25) is 0 Å². The summed E-state index contributed by atoms with van der Waals surface area (Å²) in [4.78, 5) is 6.61. The van der Waals surface area contributed by atoms with E-state index in [2.05, 4.69) is 9.88 Å². The van der Waals surface area contributed by atoms with Gasteiger partial charge in [0.05, 0.1) is 4.90 Å². The van der Waals surface area contributed by atoms with Crippen molar-refractivity contribution in [3.8, 4) is 0 Å². The number of aliphatic hydroxyl groups excluding tert-OH is 1. The molecule has 1 aromatic rings. The zero-order valence-electron chi connectivity index (χ0n) is 10.4. The number of nitrogens with zero attached hydrogens (tertiary/aromatic N) is 2. The van der Waals surface area contributed by atoms with Gasteiger partial charge < -0.3 is 10.0 Å². The maximum atomic E-state index is 11.3. The van der Waals surface area contributed by atoms with Gasteiger partial charge in [-0.1, -0.05) is 0 Å². The molecule has 0 amide bonds. The fraction of sp³-hybridized carbons (Fsp3) is 0.583. The molecule has 1 fully saturated rings. The average molecular weight is 270 g/mol. The molecule has 6 heteroatoms. The highest BCUT2D eigenvalue weighted by molar-refractivity contribution is 7.90. The van der Waals surface area contributed by atoms with Crippen LogP contribution in [0.25, 0.3) is 0 Å². The van der Waals surface area contributed by atoms with Crippen LogP contribution >= 0.6 is 0 Å². The molecule has 0 bridgehead atoms. The standard InChI is InChI=1S/C12H18N2O3S/c1-18(16,17)11-5-6-12(13-9-11)14(7-2-8-15)10-3-4-10/h5-6,9-10,15H,2-4,7-8H2,1H3. The summed E-state index contributed by atoms with van der Waals surface area (Å²) in [6.45, 7) is 0.914. The fourth-order valence-electron chi connectivity index (χ4n) is 1.87. The number of pyridine rings is 1. The summed E-state index contributed by atoms with van der Waals surface area (Å²) in [5.74, 6) is 0.790. The Hall–Kier alpha value is -1.14. The molecule has 0 radical (unpaired) electrons. The van der Waals surface area contributed by atoms with Gasteiger partial charge in [-0.2, -0.15) is 0 Å². The second-order valence-electron chi connectivity index (χ2n) is 4.63. The van der Waals surface area contributed by atoms with Crippen LogP contribution in [-0.2, 0) is 9.84 Å². The number of sulfone groups is 1. The van der Waals surface area contributed by atoms with E-state index in [4.69, 9.17) is 5.11 Å². The average Bonchev–Trinajstić information content (AvgIpc) is 3.13. The van der Waals surface area contributed by atoms with Crippen molar-refractivity contribution < 1.29 is 13.5 Å². The predicted octanol–water partition coefficient (Wildman–Crippen LogP) is 0.836. The molecule has 2 rings (SSSR count). The van der Waals surface area contributed by atoms with E-state index in [-0.39, 0.29) is 11.5 Å². The lowest BCUT2D eigenvalue weighted by atomic mass is 10.3. The van der Waals surface area contributed by atoms with Crippen LogP contribution in [0.5, 0.6) is 0 Å². The normalized spacial score (nSPS) is 15.7. The van der Waals surface area contributed by atoms with Gasteiger partial charge in [0.2, 0.25) is 0 Å². The number of anilines is 1. The topological polar surface area (TPSA) is 70.5 Å². The Morgan fingerprint density at radius 1 is 1.44 bits per heavy atom. The van der Waals surface area contributed by atoms with Crippen LogP contribution < -0.4 is 4.90 Å². The smallest absolute Gasteiger partial charge is 0.177 e. The van der Waals surface area contributed by atoms with Crippen LogP contribution in [0.4, 0.5) is 5.82 Å². The van der Waals surface area contributed by atoms with E-state index < -0.39 is 9.84 Å². The lowest BCUT2D eigenvalue weighted by molar-refractivity contribution is 0.289. The number of aliphatic hydroxyl groups is 1. The number of rotatable bonds is 6. The summed E-state index contributed by atoms with van der Waals surface area (Å²) in [5.41, 5.74) is 0. The van der Waals surface area contributed by atoms with Crippen LogP contribution in [-0.4, -0.2) is 44.0 Å². The Morgan fingerprint density at radius 3 is 2.61 bits per heavy atom. The highest BCUT2D eigenvalue weighted by atomic mass is 32.2. The van der Waals surface area contributed by atoms with Gasteiger partial charge >= 0.3 is 0 Å². The number of aromatic nitrogens is 1. The molecule has 0 spiro atoms. The molecule has 1 saturated carbocycles. The molecule has 0 aliphatic heterocycles. The zero-order chi connectivity index (χ0) is 13.2. The lowest BCUT2D eigenvalue weighted by Gasteiger charge is -2.23. The summed E-state index contributed by atoms with van der Waals surface area (Å²) < 4.78 is 22.7. The third-order valence-electron chi connectivity index (χ3n) is 2.99. The Bertz CT molecular complexity index is 495. The second-order valence-corrected chi connectivity index (χ2v) is 6.64. The first-order chi connectivity index (χ1) is 8.52. The maximum Gasteiger partial charge on any atom is 0.177 e. The Balaban J connectivity index is 2.16. The van der Waals surface area contributed by atoms with Crippen LogP contribution in [0, 0.1) is 0 Å². The third-order valence-corrected chi connectivity index (χ3v) is 4.09. The van der Waals surface area contributed by atoms with Crippen molar-refractivity contribution in [1.29, 1.82) is 0 Å². The van der Waals surface area contributed by atoms with Gasteiger partial charge in [-0.25, -0.2) is 13.4 Å². The molecule has 0 aromatic carbocycles. The summed E-state index contributed by atoms with van der Waals surface area (Å²) in [6, 6.07) is 3.83. The van der Waals surface area contributed by atoms with E-state index in [1.807, 2.05) is 0 Å². The van der Waals surface area contributed by atoms with Crippen molar-refractivity contribution in [2.24, 2.45) is 0 Å². The van der Waals surface area contributed by atoms with E-state index in [1.54, 1.807) is 12.1 Å². The van der Waals surface area contributed by atoms with Crippen molar-refractivity contribution in [3.63, 3.8) is 0 Å². The summed E-state index contributed by atoms with van der Waals surface area (Å²) in [5, 5.41) is 8.89. The summed E-state index contributed by atoms with van der Waals surface area (Å²) >= 11 is 0. The molecule has 1 heterocycles. The van der Waals surface area contributed by atoms with Crippen molar-refractivity contribution in [2.75, 3.05) is 24.3 Å². The van der Waals surface area contributed by atoms with Crippen molar-refractivity contribution in [2.45, 2.75) is 30.2 Å². The molecule has 100 valence electrons. The van der Waals surface area contributed by atoms with E-state index in [1.165, 1.54) is 12.5 Å². The SMILES string of the molecule is CS(=O)(=O)c1ccc(N(CCCO)C2CC2)nc1. The summed E-state index contributed by atoms with van der Waals surface area (Å²) in [7, 11) is -3.19. The minimum Gasteiger partial charge on any atom is -0.396 e. The van der Waals surface area contributed by atoms with Crippen LogP contribution in [0.15, 0.2) is 23.2 Å². The predicted molar refractivity (Wildman–Crippen MR) is 69.4 cm³/mol. The van der Waals surface area contributed by atoms with Crippen molar-refractivity contribution in [1.82, 2.24) is 4.98 Å².